The Morgan fingerprint density at radius 1 is 1.23 bits per heavy atom. The van der Waals surface area contributed by atoms with E-state index >= 15 is 0 Å². The summed E-state index contributed by atoms with van der Waals surface area (Å²) in [7, 11) is 3.09. The molecule has 4 heterocycles. The van der Waals surface area contributed by atoms with Gasteiger partial charge < -0.3 is 4.74 Å². The van der Waals surface area contributed by atoms with Crippen LogP contribution in [-0.4, -0.2) is 50.8 Å². The zero-order valence-electron chi connectivity index (χ0n) is 17.5. The van der Waals surface area contributed by atoms with E-state index < -0.39 is 0 Å². The molecule has 1 fully saturated rings. The molecule has 1 aliphatic rings. The molecule has 0 aromatic carbocycles. The van der Waals surface area contributed by atoms with Crippen molar-refractivity contribution in [2.24, 2.45) is 7.05 Å². The highest BCUT2D eigenvalue weighted by molar-refractivity contribution is 5.74. The van der Waals surface area contributed by atoms with Crippen LogP contribution < -0.4 is 11.2 Å². The maximum Gasteiger partial charge on any atom is 0.332 e. The summed E-state index contributed by atoms with van der Waals surface area (Å²) < 4.78 is 7.83. The van der Waals surface area contributed by atoms with Crippen molar-refractivity contribution in [1.29, 1.82) is 0 Å². The second kappa shape index (κ2) is 8.89. The summed E-state index contributed by atoms with van der Waals surface area (Å²) in [6.45, 7) is 3.52. The molecular weight excluding hydrogens is 382 g/mol. The van der Waals surface area contributed by atoms with E-state index in [4.69, 9.17) is 9.72 Å². The van der Waals surface area contributed by atoms with Gasteiger partial charge in [-0.1, -0.05) is 6.07 Å². The molecule has 1 atom stereocenters. The van der Waals surface area contributed by atoms with E-state index in [0.717, 1.165) is 42.7 Å². The van der Waals surface area contributed by atoms with Gasteiger partial charge >= 0.3 is 5.69 Å². The van der Waals surface area contributed by atoms with Crippen molar-refractivity contribution in [3.63, 3.8) is 0 Å². The first-order valence-electron chi connectivity index (χ1n) is 10.3. The van der Waals surface area contributed by atoms with E-state index in [0.29, 0.717) is 24.2 Å². The highest BCUT2D eigenvalue weighted by Gasteiger charge is 2.23. The highest BCUT2D eigenvalue weighted by atomic mass is 16.5. The molecule has 4 rings (SSSR count). The number of pyridine rings is 2. The first-order valence-corrected chi connectivity index (χ1v) is 10.3. The Morgan fingerprint density at radius 3 is 2.87 bits per heavy atom. The maximum atomic E-state index is 12.7. The monoisotopic (exact) mass is 409 g/mol. The summed E-state index contributed by atoms with van der Waals surface area (Å²) in [5, 5.41) is 0.458. The van der Waals surface area contributed by atoms with Gasteiger partial charge in [-0.2, -0.15) is 0 Å². The van der Waals surface area contributed by atoms with Gasteiger partial charge in [-0.3, -0.25) is 23.8 Å². The van der Waals surface area contributed by atoms with Gasteiger partial charge in [-0.25, -0.2) is 9.78 Å². The Balaban J connectivity index is 1.66. The second-order valence-electron chi connectivity index (χ2n) is 7.83. The Hall–Kier alpha value is -2.84. The Kier molecular flexibility index (Phi) is 6.06. The van der Waals surface area contributed by atoms with Gasteiger partial charge in [-0.05, 0) is 43.1 Å². The molecule has 3 aromatic heterocycles. The zero-order valence-corrected chi connectivity index (χ0v) is 17.5. The van der Waals surface area contributed by atoms with E-state index in [-0.39, 0.29) is 17.2 Å². The summed E-state index contributed by atoms with van der Waals surface area (Å²) in [5.74, 6) is 0.259. The topological polar surface area (TPSA) is 82.2 Å². The van der Waals surface area contributed by atoms with Crippen LogP contribution in [0.25, 0.3) is 11.0 Å². The van der Waals surface area contributed by atoms with E-state index in [2.05, 4.69) is 16.0 Å². The van der Waals surface area contributed by atoms with Crippen molar-refractivity contribution in [1.82, 2.24) is 24.0 Å². The van der Waals surface area contributed by atoms with Crippen LogP contribution in [0.2, 0.25) is 0 Å². The quantitative estimate of drug-likeness (QED) is 0.614. The summed E-state index contributed by atoms with van der Waals surface area (Å²) in [5.41, 5.74) is 1.89. The molecular formula is C22H27N5O3. The fraction of sp³-hybridized carbons (Fsp3) is 0.455. The molecule has 8 nitrogen and oxygen atoms in total. The number of hydrogen-bond donors (Lipinski definition) is 0. The van der Waals surface area contributed by atoms with Crippen LogP contribution in [0, 0.1) is 0 Å². The molecule has 1 aliphatic heterocycles. The summed E-state index contributed by atoms with van der Waals surface area (Å²) >= 11 is 0. The van der Waals surface area contributed by atoms with E-state index in [1.807, 2.05) is 24.4 Å². The standard InChI is InChI=1S/C22H27N5O3/c1-25-21(28)18-7-8-19(24-20(18)27(22(25)29)11-12-30-2)17-6-4-10-26(15-17)14-16-5-3-9-23-13-16/h3,5,7-9,13,17H,4,6,10-12,14-15H2,1-2H3/t17-/m1/s1. The van der Waals surface area contributed by atoms with Crippen molar-refractivity contribution < 1.29 is 4.74 Å². The largest absolute Gasteiger partial charge is 0.383 e. The number of rotatable bonds is 6. The van der Waals surface area contributed by atoms with Crippen molar-refractivity contribution in [2.45, 2.75) is 31.8 Å². The molecule has 0 spiro atoms. The first-order chi connectivity index (χ1) is 14.6. The van der Waals surface area contributed by atoms with E-state index in [1.54, 1.807) is 17.9 Å². The molecule has 0 saturated carbocycles. The van der Waals surface area contributed by atoms with Crippen LogP contribution in [0.3, 0.4) is 0 Å². The molecule has 0 N–H and O–H groups in total. The number of piperidine rings is 1. The minimum Gasteiger partial charge on any atom is -0.383 e. The summed E-state index contributed by atoms with van der Waals surface area (Å²) in [4.78, 5) is 36.7. The number of aromatic nitrogens is 4. The molecule has 30 heavy (non-hydrogen) atoms. The van der Waals surface area contributed by atoms with Crippen LogP contribution in [0.5, 0.6) is 0 Å². The van der Waals surface area contributed by atoms with Crippen molar-refractivity contribution in [3.8, 4) is 0 Å². The molecule has 0 aliphatic carbocycles. The fourth-order valence-electron chi connectivity index (χ4n) is 4.18. The predicted molar refractivity (Wildman–Crippen MR) is 115 cm³/mol. The Bertz CT molecular complexity index is 1140. The predicted octanol–water partition coefficient (Wildman–Crippen LogP) is 1.52. The van der Waals surface area contributed by atoms with Gasteiger partial charge in [0.1, 0.15) is 5.65 Å². The van der Waals surface area contributed by atoms with Gasteiger partial charge in [0.15, 0.2) is 0 Å². The maximum absolute atomic E-state index is 12.7. The lowest BCUT2D eigenvalue weighted by Gasteiger charge is -2.32. The molecule has 0 radical (unpaired) electrons. The Morgan fingerprint density at radius 2 is 2.10 bits per heavy atom. The zero-order chi connectivity index (χ0) is 21.1. The van der Waals surface area contributed by atoms with Gasteiger partial charge in [0.25, 0.3) is 5.56 Å². The average molecular weight is 409 g/mol. The molecule has 0 amide bonds. The summed E-state index contributed by atoms with van der Waals surface area (Å²) in [6, 6.07) is 7.80. The fourth-order valence-corrected chi connectivity index (χ4v) is 4.18. The molecule has 158 valence electrons. The van der Waals surface area contributed by atoms with E-state index in [9.17, 15) is 9.59 Å². The number of fused-ring (bicyclic) bond motifs is 1. The smallest absolute Gasteiger partial charge is 0.332 e. The minimum absolute atomic E-state index is 0.259. The van der Waals surface area contributed by atoms with Crippen LogP contribution in [0.1, 0.15) is 30.0 Å². The lowest BCUT2D eigenvalue weighted by molar-refractivity contribution is 0.186. The first kappa shape index (κ1) is 20.4. The lowest BCUT2D eigenvalue weighted by atomic mass is 9.94. The normalized spacial score (nSPS) is 17.5. The number of nitrogens with zero attached hydrogens (tertiary/aromatic N) is 5. The SMILES string of the molecule is COCCn1c(=O)n(C)c(=O)c2ccc([C@@H]3CCCN(Cc4cccnc4)C3)nc21. The molecule has 1 saturated heterocycles. The van der Waals surface area contributed by atoms with Crippen LogP contribution in [0.4, 0.5) is 0 Å². The highest BCUT2D eigenvalue weighted by Crippen LogP contribution is 2.27. The third-order valence-corrected chi connectivity index (χ3v) is 5.78. The number of methoxy groups -OCH3 is 1. The number of ether oxygens (including phenoxy) is 1. The molecule has 0 unspecified atom stereocenters. The molecule has 8 heteroatoms. The summed E-state index contributed by atoms with van der Waals surface area (Å²) in [6.07, 6.45) is 5.81. The third-order valence-electron chi connectivity index (χ3n) is 5.78. The second-order valence-corrected chi connectivity index (χ2v) is 7.83. The average Bonchev–Trinajstić information content (AvgIpc) is 2.78. The van der Waals surface area contributed by atoms with Crippen LogP contribution in [0.15, 0.2) is 46.2 Å². The minimum atomic E-state index is -0.365. The van der Waals surface area contributed by atoms with Crippen molar-refractivity contribution >= 4 is 11.0 Å². The lowest BCUT2D eigenvalue weighted by Crippen LogP contribution is -2.39. The van der Waals surface area contributed by atoms with Crippen molar-refractivity contribution in [3.05, 3.63) is 68.8 Å². The van der Waals surface area contributed by atoms with E-state index in [1.165, 1.54) is 12.6 Å². The third kappa shape index (κ3) is 4.06. The van der Waals surface area contributed by atoms with Gasteiger partial charge in [-0.15, -0.1) is 0 Å². The molecule has 0 bridgehead atoms. The number of likely N-dealkylation sites (tertiary alicyclic amines) is 1. The van der Waals surface area contributed by atoms with Gasteiger partial charge in [0.05, 0.1) is 18.5 Å². The number of hydrogen-bond acceptors (Lipinski definition) is 6. The molecule has 3 aromatic rings. The van der Waals surface area contributed by atoms with Gasteiger partial charge in [0, 0.05) is 51.3 Å². The van der Waals surface area contributed by atoms with Crippen LogP contribution in [-0.2, 0) is 24.9 Å². The van der Waals surface area contributed by atoms with Crippen LogP contribution >= 0.6 is 0 Å². The van der Waals surface area contributed by atoms with Gasteiger partial charge in [0.2, 0.25) is 0 Å². The Labute approximate surface area is 174 Å². The van der Waals surface area contributed by atoms with Crippen molar-refractivity contribution in [2.75, 3.05) is 26.8 Å².